The molecule has 0 aromatic carbocycles. The number of β-lactam (4-membered cyclic amide) rings is 3. The number of hydrogen-bond acceptors (Lipinski definition) is 27. The zero-order valence-electron chi connectivity index (χ0n) is 39.2. The first-order valence-electron chi connectivity index (χ1n) is 21.5. The Hall–Kier alpha value is -8.58. The highest BCUT2D eigenvalue weighted by Gasteiger charge is 2.57. The van der Waals surface area contributed by atoms with Crippen LogP contribution in [0.4, 0.5) is 15.4 Å². The summed E-state index contributed by atoms with van der Waals surface area (Å²) >= 11 is 7.10. The van der Waals surface area contributed by atoms with Gasteiger partial charge in [0.2, 0.25) is 0 Å². The molecule has 408 valence electrons. The summed E-state index contributed by atoms with van der Waals surface area (Å²) in [5.74, 6) is -6.82. The Bertz CT molecular complexity index is 2970. The molecule has 6 atom stereocenters. The highest BCUT2D eigenvalue weighted by atomic mass is 32.2. The van der Waals surface area contributed by atoms with Crippen molar-refractivity contribution in [1.29, 1.82) is 0 Å². The summed E-state index contributed by atoms with van der Waals surface area (Å²) in [7, 11) is 0. The van der Waals surface area contributed by atoms with Gasteiger partial charge in [0.15, 0.2) is 32.5 Å². The van der Waals surface area contributed by atoms with Crippen molar-refractivity contribution >= 4 is 155 Å². The van der Waals surface area contributed by atoms with E-state index in [2.05, 4.69) is 66.1 Å². The van der Waals surface area contributed by atoms with Crippen LogP contribution in [0, 0.1) is 0 Å². The molecular formula is C42H39N15O15S6. The van der Waals surface area contributed by atoms with Crippen molar-refractivity contribution in [3.63, 3.8) is 0 Å². The van der Waals surface area contributed by atoms with Gasteiger partial charge in [0.1, 0.15) is 68.4 Å². The molecule has 0 radical (unpaired) electrons. The number of anilines is 3. The van der Waals surface area contributed by atoms with Crippen LogP contribution in [-0.2, 0) is 43.2 Å². The van der Waals surface area contributed by atoms with Crippen LogP contribution in [0.1, 0.15) is 17.1 Å². The van der Waals surface area contributed by atoms with Gasteiger partial charge in [-0.3, -0.25) is 43.5 Å². The predicted octanol–water partition coefficient (Wildman–Crippen LogP) is -0.515. The van der Waals surface area contributed by atoms with Crippen molar-refractivity contribution in [3.8, 4) is 0 Å². The lowest BCUT2D eigenvalue weighted by Gasteiger charge is -2.49. The first-order chi connectivity index (χ1) is 37.2. The van der Waals surface area contributed by atoms with Crippen LogP contribution in [0.5, 0.6) is 0 Å². The Morgan fingerprint density at radius 2 is 0.756 bits per heavy atom. The number of nitrogens with one attached hydrogen (secondary N) is 3. The summed E-state index contributed by atoms with van der Waals surface area (Å²) < 4.78 is 0. The lowest BCUT2D eigenvalue weighted by molar-refractivity contribution is -0.150. The van der Waals surface area contributed by atoms with Crippen LogP contribution in [0.15, 0.2) is 103 Å². The summed E-state index contributed by atoms with van der Waals surface area (Å²) in [6.07, 6.45) is 4.19. The van der Waals surface area contributed by atoms with Crippen molar-refractivity contribution in [2.75, 3.05) is 34.5 Å². The summed E-state index contributed by atoms with van der Waals surface area (Å²) in [6, 6.07) is -2.83. The molecule has 6 aliphatic rings. The van der Waals surface area contributed by atoms with Crippen LogP contribution < -0.4 is 33.2 Å². The van der Waals surface area contributed by atoms with E-state index in [-0.39, 0.29) is 66.7 Å². The van der Waals surface area contributed by atoms with Gasteiger partial charge in [-0.2, -0.15) is 0 Å². The Morgan fingerprint density at radius 1 is 0.513 bits per heavy atom. The van der Waals surface area contributed by atoms with E-state index in [4.69, 9.17) is 32.8 Å². The van der Waals surface area contributed by atoms with Gasteiger partial charge in [-0.1, -0.05) is 53.4 Å². The van der Waals surface area contributed by atoms with Crippen molar-refractivity contribution < 1.29 is 74.1 Å². The standard InChI is InChI=1S/3C14H13N5O5S2/c3*1-2-5-3-25-12-8(11(21)19(12)9(5)13(22)23)17-10(20)7(18-24)6-4-26-14(15)16-6/h3*2,4,8,12,24H,1,3H2,(H2,15,16)(H,17,20)(H,22,23)/b3*18-7-/t3*8-,12-/m111/s1. The SMILES string of the molecule is C=CC1=C(C(=O)O)N2C(=O)[C@@H](NC(=O)/C(=N\O)c3csc(N)n3)[C@H]2SC1.C=CC1=C(C(=O)O)N2C(=O)[C@@H](NC(=O)/C(=N\O)c3csc(N)n3)[C@H]2SC1.C=CC1=C(C(=O)O)N2C(=O)[C@@H](NC(=O)/C(=N\O)c3csc(N)n3)[C@H]2SC1. The number of carbonyl (C=O) groups excluding carboxylic acids is 6. The maximum absolute atomic E-state index is 12.4. The number of carboxylic acid groups (broad SMARTS) is 3. The average molecular weight is 1190 g/mol. The van der Waals surface area contributed by atoms with Crippen molar-refractivity contribution in [2.45, 2.75) is 34.2 Å². The highest BCUT2D eigenvalue weighted by Crippen LogP contribution is 2.43. The van der Waals surface area contributed by atoms with Crippen LogP contribution in [0.2, 0.25) is 0 Å². The second kappa shape index (κ2) is 23.8. The average Bonchev–Trinajstić information content (AvgIpc) is 4.30. The zero-order valence-corrected chi connectivity index (χ0v) is 44.1. The lowest BCUT2D eigenvalue weighted by atomic mass is 10.0. The summed E-state index contributed by atoms with van der Waals surface area (Å²) in [6.45, 7) is 10.7. The molecule has 6 amide bonds. The quantitative estimate of drug-likeness (QED) is 0.0394. The minimum Gasteiger partial charge on any atom is -0.477 e. The number of aromatic nitrogens is 3. The van der Waals surface area contributed by atoms with E-state index in [9.17, 15) is 58.5 Å². The van der Waals surface area contributed by atoms with E-state index in [0.29, 0.717) is 34.0 Å². The zero-order chi connectivity index (χ0) is 57.0. The van der Waals surface area contributed by atoms with E-state index >= 15 is 0 Å². The molecule has 3 saturated heterocycles. The van der Waals surface area contributed by atoms with Crippen molar-refractivity contribution in [1.82, 2.24) is 45.6 Å². The number of hydrogen-bond donors (Lipinski definition) is 12. The number of carboxylic acids is 3. The van der Waals surface area contributed by atoms with Gasteiger partial charge in [-0.25, -0.2) is 29.3 Å². The molecule has 3 aromatic heterocycles. The molecule has 36 heteroatoms. The Labute approximate surface area is 461 Å². The number of nitrogen functional groups attached to an aromatic ring is 3. The van der Waals surface area contributed by atoms with Crippen LogP contribution >= 0.6 is 69.3 Å². The van der Waals surface area contributed by atoms with E-state index in [1.165, 1.54) is 69.7 Å². The third-order valence-corrected chi connectivity index (χ3v) is 17.4. The van der Waals surface area contributed by atoms with Crippen LogP contribution in [0.25, 0.3) is 0 Å². The molecule has 0 aliphatic carbocycles. The third-order valence-electron chi connectivity index (χ3n) is 11.4. The van der Waals surface area contributed by atoms with Gasteiger partial charge in [0.25, 0.3) is 35.4 Å². The van der Waals surface area contributed by atoms with E-state index < -0.39 is 87.6 Å². The van der Waals surface area contributed by atoms with Crippen molar-refractivity contribution in [2.24, 2.45) is 15.5 Å². The Balaban J connectivity index is 0.000000170. The number of allylic oxidation sites excluding steroid dienone is 3. The first-order valence-corrected chi connectivity index (χ1v) is 27.3. The Kier molecular flexibility index (Phi) is 17.4. The molecule has 6 aliphatic heterocycles. The second-order valence-electron chi connectivity index (χ2n) is 15.8. The van der Waals surface area contributed by atoms with Crippen molar-refractivity contribution in [3.05, 3.63) is 105 Å². The van der Waals surface area contributed by atoms with Crippen LogP contribution in [0.3, 0.4) is 0 Å². The molecule has 30 nitrogen and oxygen atoms in total. The summed E-state index contributed by atoms with van der Waals surface area (Å²) in [5.41, 5.74) is 16.5. The number of oxime groups is 3. The molecule has 0 bridgehead atoms. The fourth-order valence-electron chi connectivity index (χ4n) is 7.86. The number of carbonyl (C=O) groups is 9. The number of nitrogens with zero attached hydrogens (tertiary/aromatic N) is 9. The van der Waals surface area contributed by atoms with Gasteiger partial charge >= 0.3 is 17.9 Å². The van der Waals surface area contributed by atoms with Gasteiger partial charge in [0.05, 0.1) is 0 Å². The molecule has 0 unspecified atom stereocenters. The summed E-state index contributed by atoms with van der Waals surface area (Å²) in [4.78, 5) is 124. The number of fused-ring (bicyclic) bond motifs is 3. The first kappa shape index (κ1) is 57.1. The van der Waals surface area contributed by atoms with E-state index in [0.717, 1.165) is 48.7 Å². The molecule has 3 fully saturated rings. The van der Waals surface area contributed by atoms with Crippen LogP contribution in [-0.4, -0.2) is 183 Å². The molecule has 9 heterocycles. The topological polar surface area (TPSA) is 475 Å². The highest BCUT2D eigenvalue weighted by molar-refractivity contribution is 8.00. The minimum absolute atomic E-state index is 0.0764. The number of thioether (sulfide) groups is 3. The van der Waals surface area contributed by atoms with E-state index in [1.54, 1.807) is 0 Å². The van der Waals surface area contributed by atoms with Gasteiger partial charge in [-0.15, -0.1) is 69.3 Å². The maximum atomic E-state index is 12.4. The molecule has 0 saturated carbocycles. The third kappa shape index (κ3) is 10.9. The smallest absolute Gasteiger partial charge is 0.352 e. The minimum atomic E-state index is -1.24. The molecular weight excluding hydrogens is 1150 g/mol. The number of aliphatic carboxylic acids is 3. The van der Waals surface area contributed by atoms with Gasteiger partial charge in [-0.05, 0) is 16.7 Å². The predicted molar refractivity (Wildman–Crippen MR) is 284 cm³/mol. The summed E-state index contributed by atoms with van der Waals surface area (Å²) in [5, 5.41) is 74.7. The molecule has 9 rings (SSSR count). The number of thiazole rings is 3. The number of amides is 6. The molecule has 78 heavy (non-hydrogen) atoms. The lowest BCUT2D eigenvalue weighted by Crippen LogP contribution is -2.71. The largest absolute Gasteiger partial charge is 0.477 e. The normalized spacial score (nSPS) is 22.5. The van der Waals surface area contributed by atoms with E-state index in [1.807, 2.05) is 0 Å². The molecule has 0 spiro atoms. The molecule has 3 aromatic rings. The van der Waals surface area contributed by atoms with Gasteiger partial charge in [0, 0.05) is 33.4 Å². The number of nitrogens with two attached hydrogens (primary N) is 3. The fourth-order valence-corrected chi connectivity index (χ4v) is 13.5. The second-order valence-corrected chi connectivity index (χ2v) is 21.8. The molecule has 15 N–H and O–H groups in total. The van der Waals surface area contributed by atoms with Gasteiger partial charge < -0.3 is 64.1 Å². The monoisotopic (exact) mass is 1190 g/mol. The fraction of sp³-hybridized carbons (Fsp3) is 0.214. The Morgan fingerprint density at radius 3 is 0.936 bits per heavy atom. The maximum Gasteiger partial charge on any atom is 0.352 e. The number of rotatable bonds is 15.